The molecule has 1 atom stereocenters. The first kappa shape index (κ1) is 16.5. The van der Waals surface area contributed by atoms with Crippen molar-refractivity contribution in [2.24, 2.45) is 0 Å². The number of hydrogen-bond acceptors (Lipinski definition) is 4. The summed E-state index contributed by atoms with van der Waals surface area (Å²) in [4.78, 5) is 20.4. The molecule has 1 saturated heterocycles. The smallest absolute Gasteiger partial charge is 0.317 e. The molecule has 0 bridgehead atoms. The summed E-state index contributed by atoms with van der Waals surface area (Å²) in [6, 6.07) is 7.73. The fourth-order valence-electron chi connectivity index (χ4n) is 3.10. The largest absolute Gasteiger partial charge is 0.468 e. The van der Waals surface area contributed by atoms with Crippen LogP contribution in [0.5, 0.6) is 0 Å². The zero-order valence-electron chi connectivity index (χ0n) is 14.0. The van der Waals surface area contributed by atoms with Gasteiger partial charge in [0.15, 0.2) is 0 Å². The van der Waals surface area contributed by atoms with E-state index < -0.39 is 0 Å². The number of aromatic nitrogens is 1. The van der Waals surface area contributed by atoms with E-state index >= 15 is 0 Å². The van der Waals surface area contributed by atoms with Crippen molar-refractivity contribution in [3.63, 3.8) is 0 Å². The number of furan rings is 1. The minimum atomic E-state index is -0.0810. The monoisotopic (exact) mass is 328 g/mol. The summed E-state index contributed by atoms with van der Waals surface area (Å²) in [7, 11) is 1.80. The standard InChI is InChI=1S/C18H24N4O2/c1-21(14-15-6-8-19-9-7-15)18(23)20-13-16(17-5-4-12-24-17)22-10-2-3-11-22/h4-9,12,16H,2-3,10-11,13-14H2,1H3,(H,20,23). The molecule has 1 N–H and O–H groups in total. The molecule has 1 fully saturated rings. The Hall–Kier alpha value is -2.34. The van der Waals surface area contributed by atoms with Crippen LogP contribution >= 0.6 is 0 Å². The van der Waals surface area contributed by atoms with Gasteiger partial charge in [-0.3, -0.25) is 9.88 Å². The SMILES string of the molecule is CN(Cc1ccncc1)C(=O)NCC(c1ccco1)N1CCCC1. The number of urea groups is 1. The van der Waals surface area contributed by atoms with E-state index in [1.54, 1.807) is 30.6 Å². The number of hydrogen-bond donors (Lipinski definition) is 1. The van der Waals surface area contributed by atoms with Gasteiger partial charge in [0.05, 0.1) is 12.3 Å². The molecule has 0 aliphatic carbocycles. The highest BCUT2D eigenvalue weighted by atomic mass is 16.3. The van der Waals surface area contributed by atoms with Crippen molar-refractivity contribution in [3.8, 4) is 0 Å². The second-order valence-corrected chi connectivity index (χ2v) is 6.17. The van der Waals surface area contributed by atoms with E-state index in [1.807, 2.05) is 24.3 Å². The highest BCUT2D eigenvalue weighted by Gasteiger charge is 2.26. The molecule has 6 nitrogen and oxygen atoms in total. The zero-order valence-corrected chi connectivity index (χ0v) is 14.0. The van der Waals surface area contributed by atoms with Crippen LogP contribution < -0.4 is 5.32 Å². The summed E-state index contributed by atoms with van der Waals surface area (Å²) in [5.74, 6) is 0.911. The van der Waals surface area contributed by atoms with Gasteiger partial charge in [-0.05, 0) is 55.8 Å². The molecule has 2 aromatic rings. The van der Waals surface area contributed by atoms with E-state index in [0.717, 1.165) is 24.4 Å². The molecular weight excluding hydrogens is 304 g/mol. The lowest BCUT2D eigenvalue weighted by atomic mass is 10.2. The summed E-state index contributed by atoms with van der Waals surface area (Å²) in [5.41, 5.74) is 1.06. The summed E-state index contributed by atoms with van der Waals surface area (Å²) in [6.45, 7) is 3.21. The lowest BCUT2D eigenvalue weighted by molar-refractivity contribution is 0.187. The molecule has 0 radical (unpaired) electrons. The van der Waals surface area contributed by atoms with E-state index in [1.165, 1.54) is 12.8 Å². The van der Waals surface area contributed by atoms with Crippen molar-refractivity contribution in [1.29, 1.82) is 0 Å². The Balaban J connectivity index is 1.56. The number of nitrogens with zero attached hydrogens (tertiary/aromatic N) is 3. The zero-order chi connectivity index (χ0) is 16.8. The molecule has 2 amide bonds. The fourth-order valence-corrected chi connectivity index (χ4v) is 3.10. The molecule has 1 unspecified atom stereocenters. The van der Waals surface area contributed by atoms with Crippen LogP contribution in [0.1, 0.15) is 30.2 Å². The van der Waals surface area contributed by atoms with Crippen molar-refractivity contribution in [2.45, 2.75) is 25.4 Å². The predicted molar refractivity (Wildman–Crippen MR) is 91.4 cm³/mol. The normalized spacial score (nSPS) is 16.0. The Labute approximate surface area is 142 Å². The van der Waals surface area contributed by atoms with Gasteiger partial charge in [0, 0.05) is 32.5 Å². The van der Waals surface area contributed by atoms with Crippen molar-refractivity contribution in [1.82, 2.24) is 20.1 Å². The van der Waals surface area contributed by atoms with Gasteiger partial charge in [-0.1, -0.05) is 0 Å². The minimum Gasteiger partial charge on any atom is -0.468 e. The topological polar surface area (TPSA) is 61.6 Å². The van der Waals surface area contributed by atoms with Crippen molar-refractivity contribution in [2.75, 3.05) is 26.7 Å². The summed E-state index contributed by atoms with van der Waals surface area (Å²) < 4.78 is 5.58. The number of nitrogens with one attached hydrogen (secondary N) is 1. The first-order chi connectivity index (χ1) is 11.7. The van der Waals surface area contributed by atoms with Crippen LogP contribution in [0, 0.1) is 0 Å². The lowest BCUT2D eigenvalue weighted by Crippen LogP contribution is -2.42. The molecule has 3 rings (SSSR count). The van der Waals surface area contributed by atoms with Gasteiger partial charge in [0.1, 0.15) is 5.76 Å². The van der Waals surface area contributed by atoms with Crippen molar-refractivity contribution in [3.05, 3.63) is 54.2 Å². The Bertz CT molecular complexity index is 624. The molecule has 128 valence electrons. The molecule has 24 heavy (non-hydrogen) atoms. The maximum atomic E-state index is 12.4. The third-order valence-electron chi connectivity index (χ3n) is 4.42. The number of rotatable bonds is 6. The molecular formula is C18H24N4O2. The van der Waals surface area contributed by atoms with E-state index in [4.69, 9.17) is 4.42 Å². The predicted octanol–water partition coefficient (Wildman–Crippen LogP) is 2.65. The van der Waals surface area contributed by atoms with Gasteiger partial charge in [0.2, 0.25) is 0 Å². The van der Waals surface area contributed by atoms with Crippen molar-refractivity contribution < 1.29 is 9.21 Å². The first-order valence-corrected chi connectivity index (χ1v) is 8.39. The Morgan fingerprint density at radius 1 is 1.33 bits per heavy atom. The molecule has 0 aromatic carbocycles. The third kappa shape index (κ3) is 4.14. The second-order valence-electron chi connectivity index (χ2n) is 6.17. The number of carbonyl (C=O) groups is 1. The van der Waals surface area contributed by atoms with Gasteiger partial charge in [-0.25, -0.2) is 4.79 Å². The Morgan fingerprint density at radius 3 is 2.75 bits per heavy atom. The first-order valence-electron chi connectivity index (χ1n) is 8.39. The molecule has 2 aromatic heterocycles. The van der Waals surface area contributed by atoms with Gasteiger partial charge >= 0.3 is 6.03 Å². The van der Waals surface area contributed by atoms with Crippen LogP contribution in [-0.4, -0.2) is 47.5 Å². The highest BCUT2D eigenvalue weighted by Crippen LogP contribution is 2.24. The number of amides is 2. The van der Waals surface area contributed by atoms with Crippen molar-refractivity contribution >= 4 is 6.03 Å². The average molecular weight is 328 g/mol. The van der Waals surface area contributed by atoms with Crippen LogP contribution in [0.4, 0.5) is 4.79 Å². The van der Waals surface area contributed by atoms with E-state index in [0.29, 0.717) is 13.1 Å². The quantitative estimate of drug-likeness (QED) is 0.885. The number of carbonyl (C=O) groups excluding carboxylic acids is 1. The Morgan fingerprint density at radius 2 is 2.08 bits per heavy atom. The molecule has 1 aliphatic rings. The van der Waals surface area contributed by atoms with Gasteiger partial charge in [0.25, 0.3) is 0 Å². The van der Waals surface area contributed by atoms with E-state index in [9.17, 15) is 4.79 Å². The van der Waals surface area contributed by atoms with Gasteiger partial charge < -0.3 is 14.6 Å². The summed E-state index contributed by atoms with van der Waals surface area (Å²) in [5, 5.41) is 3.04. The van der Waals surface area contributed by atoms with Crippen LogP contribution in [0.25, 0.3) is 0 Å². The maximum absolute atomic E-state index is 12.4. The average Bonchev–Trinajstić information content (AvgIpc) is 3.30. The van der Waals surface area contributed by atoms with E-state index in [2.05, 4.69) is 15.2 Å². The summed E-state index contributed by atoms with van der Waals surface area (Å²) in [6.07, 6.45) is 7.57. The van der Waals surface area contributed by atoms with Crippen LogP contribution in [0.15, 0.2) is 47.3 Å². The maximum Gasteiger partial charge on any atom is 0.317 e. The minimum absolute atomic E-state index is 0.0810. The molecule has 1 aliphatic heterocycles. The van der Waals surface area contributed by atoms with Crippen LogP contribution in [0.3, 0.4) is 0 Å². The molecule has 0 saturated carbocycles. The lowest BCUT2D eigenvalue weighted by Gasteiger charge is -2.27. The second kappa shape index (κ2) is 7.97. The number of likely N-dealkylation sites (tertiary alicyclic amines) is 1. The summed E-state index contributed by atoms with van der Waals surface area (Å²) >= 11 is 0. The highest BCUT2D eigenvalue weighted by molar-refractivity contribution is 5.73. The molecule has 3 heterocycles. The fraction of sp³-hybridized carbons (Fsp3) is 0.444. The third-order valence-corrected chi connectivity index (χ3v) is 4.42. The van der Waals surface area contributed by atoms with Gasteiger partial charge in [-0.2, -0.15) is 0 Å². The molecule has 0 spiro atoms. The van der Waals surface area contributed by atoms with Crippen LogP contribution in [0.2, 0.25) is 0 Å². The van der Waals surface area contributed by atoms with E-state index in [-0.39, 0.29) is 12.1 Å². The Kier molecular flexibility index (Phi) is 5.48. The number of pyridine rings is 1. The van der Waals surface area contributed by atoms with Crippen LogP contribution in [-0.2, 0) is 6.54 Å². The molecule has 6 heteroatoms. The van der Waals surface area contributed by atoms with Gasteiger partial charge in [-0.15, -0.1) is 0 Å².